The van der Waals surface area contributed by atoms with E-state index in [-0.39, 0.29) is 12.6 Å². The zero-order valence-corrected chi connectivity index (χ0v) is 35.8. The van der Waals surface area contributed by atoms with Gasteiger partial charge in [0.15, 0.2) is 0 Å². The molecule has 7 nitrogen and oxygen atoms in total. The molecule has 1 N–H and O–H groups in total. The Kier molecular flexibility index (Phi) is 15.3. The Morgan fingerprint density at radius 3 is 1.44 bits per heavy atom. The first-order chi connectivity index (χ1) is 27.8. The van der Waals surface area contributed by atoms with Crippen LogP contribution in [0.4, 0.5) is 0 Å². The molecule has 0 amide bonds. The fourth-order valence-electron chi connectivity index (χ4n) is 7.84. The van der Waals surface area contributed by atoms with Gasteiger partial charge in [0.05, 0.1) is 6.61 Å². The molecular weight excluding hydrogens is 792 g/mol. The number of esters is 1. The highest BCUT2D eigenvalue weighted by Gasteiger charge is 2.23. The van der Waals surface area contributed by atoms with Crippen LogP contribution in [-0.2, 0) is 9.53 Å². The summed E-state index contributed by atoms with van der Waals surface area (Å²) < 4.78 is 5.06. The van der Waals surface area contributed by atoms with E-state index < -0.39 is 0 Å². The largest absolute Gasteiger partial charge is 0.465 e. The van der Waals surface area contributed by atoms with Gasteiger partial charge in [0.2, 0.25) is 0 Å². The number of fused-ring (bicyclic) bond motifs is 4. The van der Waals surface area contributed by atoms with Crippen LogP contribution in [-0.4, -0.2) is 122 Å². The highest BCUT2D eigenvalue weighted by atomic mass is 35.5. The molecule has 0 aliphatic carbocycles. The molecule has 8 rings (SSSR count). The van der Waals surface area contributed by atoms with Gasteiger partial charge in [-0.15, -0.1) is 0 Å². The van der Waals surface area contributed by atoms with Gasteiger partial charge >= 0.3 is 5.97 Å². The summed E-state index contributed by atoms with van der Waals surface area (Å²) >= 11 is 16.3. The van der Waals surface area contributed by atoms with Crippen LogP contribution in [0.2, 0.25) is 10.0 Å². The van der Waals surface area contributed by atoms with Gasteiger partial charge in [0, 0.05) is 115 Å². The summed E-state index contributed by atoms with van der Waals surface area (Å²) in [5, 5.41) is 10.6. The summed E-state index contributed by atoms with van der Waals surface area (Å²) in [6, 6.07) is 29.6. The van der Waals surface area contributed by atoms with Crippen LogP contribution in [0.5, 0.6) is 0 Å². The molecular formula is C46H52Cl2N4O3S2. The molecule has 4 aromatic carbocycles. The number of hydrogen-bond acceptors (Lipinski definition) is 9. The Balaban J connectivity index is 0.000000175. The van der Waals surface area contributed by atoms with E-state index in [4.69, 9.17) is 33.0 Å². The molecule has 0 saturated carbocycles. The number of piperazine rings is 2. The maximum atomic E-state index is 10.9. The fourth-order valence-corrected chi connectivity index (χ4v) is 10.4. The molecule has 4 aromatic rings. The van der Waals surface area contributed by atoms with Crippen LogP contribution in [0.1, 0.15) is 42.0 Å². The lowest BCUT2D eigenvalue weighted by atomic mass is 9.96. The Labute approximate surface area is 356 Å². The number of benzene rings is 4. The first-order valence-corrected chi connectivity index (χ1v) is 22.4. The van der Waals surface area contributed by atoms with E-state index in [9.17, 15) is 4.79 Å². The third-order valence-corrected chi connectivity index (χ3v) is 13.7. The Morgan fingerprint density at radius 2 is 1.00 bits per heavy atom. The zero-order chi connectivity index (χ0) is 39.6. The number of hydrogen-bond donors (Lipinski definition) is 1. The second kappa shape index (κ2) is 20.7. The molecule has 0 radical (unpaired) electrons. The van der Waals surface area contributed by atoms with Gasteiger partial charge in [0.25, 0.3) is 0 Å². The minimum atomic E-state index is -0.202. The lowest BCUT2D eigenvalue weighted by Gasteiger charge is -2.34. The minimum Gasteiger partial charge on any atom is -0.465 e. The summed E-state index contributed by atoms with van der Waals surface area (Å²) in [6.07, 6.45) is 6.79. The average Bonchev–Trinajstić information content (AvgIpc) is 3.22. The van der Waals surface area contributed by atoms with Crippen LogP contribution in [0.25, 0.3) is 11.1 Å². The number of nitrogens with zero attached hydrogens (tertiary/aromatic N) is 4. The van der Waals surface area contributed by atoms with Gasteiger partial charge in [0.1, 0.15) is 6.61 Å². The van der Waals surface area contributed by atoms with Gasteiger partial charge in [-0.1, -0.05) is 95.3 Å². The van der Waals surface area contributed by atoms with E-state index in [2.05, 4.69) is 105 Å². The minimum absolute atomic E-state index is 0.202. The van der Waals surface area contributed by atoms with Gasteiger partial charge < -0.3 is 19.6 Å². The Hall–Kier alpha value is -3.09. The number of ether oxygens (including phenoxy) is 1. The SMILES string of the molecule is CC(=O)OCCN1CCN(CC/C=C2/c3ccccc3Sc3ccc(Cl)cc32)CC1.OCCN1CCN(CC/C=C2/c3ccccc3Sc3ccc(Cl)cc32)CC1. The highest BCUT2D eigenvalue weighted by Crippen LogP contribution is 2.47. The Bertz CT molecular complexity index is 2060. The topological polar surface area (TPSA) is 59.5 Å². The number of rotatable bonds is 11. The van der Waals surface area contributed by atoms with E-state index in [1.807, 2.05) is 35.7 Å². The van der Waals surface area contributed by atoms with Crippen molar-refractivity contribution in [1.29, 1.82) is 0 Å². The number of β-amino-alcohol motifs (C(OH)–C–C–N with tert-alkyl or cyclic N) is 1. The normalized spacial score (nSPS) is 18.6. The van der Waals surface area contributed by atoms with E-state index >= 15 is 0 Å². The molecule has 0 unspecified atom stereocenters. The van der Waals surface area contributed by atoms with E-state index in [1.165, 1.54) is 59.9 Å². The second-order valence-corrected chi connectivity index (χ2v) is 17.8. The number of halogens is 2. The molecule has 4 heterocycles. The number of aliphatic hydroxyl groups is 1. The van der Waals surface area contributed by atoms with Crippen molar-refractivity contribution < 1.29 is 14.6 Å². The maximum Gasteiger partial charge on any atom is 0.302 e. The van der Waals surface area contributed by atoms with Crippen LogP contribution in [0.15, 0.2) is 117 Å². The first-order valence-electron chi connectivity index (χ1n) is 20.0. The van der Waals surface area contributed by atoms with Crippen LogP contribution in [0.3, 0.4) is 0 Å². The van der Waals surface area contributed by atoms with Crippen molar-refractivity contribution in [2.24, 2.45) is 0 Å². The van der Waals surface area contributed by atoms with E-state index in [0.29, 0.717) is 6.61 Å². The molecule has 2 saturated heterocycles. The summed E-state index contributed by atoms with van der Waals surface area (Å²) in [7, 11) is 0. The number of carbonyl (C=O) groups excluding carboxylic acids is 1. The molecule has 11 heteroatoms. The van der Waals surface area contributed by atoms with Crippen LogP contribution < -0.4 is 0 Å². The fraction of sp³-hybridized carbons (Fsp3) is 0.370. The van der Waals surface area contributed by atoms with E-state index in [0.717, 1.165) is 101 Å². The molecule has 57 heavy (non-hydrogen) atoms. The van der Waals surface area contributed by atoms with Gasteiger partial charge in [-0.05, 0) is 94.8 Å². The van der Waals surface area contributed by atoms with Crippen LogP contribution >= 0.6 is 46.7 Å². The summed E-state index contributed by atoms with van der Waals surface area (Å²) in [5.74, 6) is -0.202. The van der Waals surface area contributed by atoms with E-state index in [1.54, 1.807) is 0 Å². The second-order valence-electron chi connectivity index (χ2n) is 14.7. The van der Waals surface area contributed by atoms with Crippen molar-refractivity contribution in [3.63, 3.8) is 0 Å². The van der Waals surface area contributed by atoms with Gasteiger partial charge in [-0.3, -0.25) is 14.6 Å². The summed E-state index contributed by atoms with van der Waals surface area (Å²) in [5.41, 5.74) is 7.70. The summed E-state index contributed by atoms with van der Waals surface area (Å²) in [6.45, 7) is 14.4. The van der Waals surface area contributed by atoms with Crippen molar-refractivity contribution in [2.75, 3.05) is 91.8 Å². The van der Waals surface area contributed by atoms with Crippen molar-refractivity contribution in [3.8, 4) is 0 Å². The molecule has 2 fully saturated rings. The van der Waals surface area contributed by atoms with Crippen molar-refractivity contribution in [3.05, 3.63) is 129 Å². The summed E-state index contributed by atoms with van der Waals surface area (Å²) in [4.78, 5) is 25.8. The average molecular weight is 844 g/mol. The van der Waals surface area contributed by atoms with Crippen molar-refractivity contribution in [2.45, 2.75) is 39.3 Å². The molecule has 0 aromatic heterocycles. The third-order valence-electron chi connectivity index (χ3n) is 10.9. The van der Waals surface area contributed by atoms with Crippen molar-refractivity contribution >= 4 is 63.8 Å². The quantitative estimate of drug-likeness (QED) is 0.129. The predicted octanol–water partition coefficient (Wildman–Crippen LogP) is 9.04. The lowest BCUT2D eigenvalue weighted by Crippen LogP contribution is -2.47. The standard InChI is InChI=1S/C24H27ClN2O2S.C22H25ClN2OS/c1-18(28)29-16-15-27-13-11-26(12-14-27)10-4-6-20-21-5-2-3-7-23(21)30-24-9-8-19(25)17-22(20)24;23-17-7-8-22-20(16-17)18(19-4-1-2-6-21(19)27-22)5-3-9-24-10-12-25(13-11-24)14-15-26/h2-3,5-9,17H,4,10-16H2,1H3;1-2,4-8,16,26H,3,9-15H2/b20-6-;18-5-. The molecule has 4 aliphatic heterocycles. The Morgan fingerprint density at radius 1 is 0.596 bits per heavy atom. The molecule has 4 aliphatic rings. The van der Waals surface area contributed by atoms with Crippen molar-refractivity contribution in [1.82, 2.24) is 19.6 Å². The lowest BCUT2D eigenvalue weighted by molar-refractivity contribution is -0.141. The maximum absolute atomic E-state index is 10.9. The van der Waals surface area contributed by atoms with Gasteiger partial charge in [-0.25, -0.2) is 0 Å². The van der Waals surface area contributed by atoms with Gasteiger partial charge in [-0.2, -0.15) is 0 Å². The van der Waals surface area contributed by atoms with Crippen LogP contribution in [0, 0.1) is 0 Å². The molecule has 300 valence electrons. The first kappa shape index (κ1) is 42.0. The monoisotopic (exact) mass is 842 g/mol. The molecule has 0 bridgehead atoms. The predicted molar refractivity (Wildman–Crippen MR) is 237 cm³/mol. The molecule has 0 spiro atoms. The third kappa shape index (κ3) is 11.4. The number of carbonyl (C=O) groups is 1. The molecule has 0 atom stereocenters. The smallest absolute Gasteiger partial charge is 0.302 e. The highest BCUT2D eigenvalue weighted by molar-refractivity contribution is 7.99. The number of aliphatic hydroxyl groups excluding tert-OH is 1. The zero-order valence-electron chi connectivity index (χ0n) is 32.7.